The second-order valence-electron chi connectivity index (χ2n) is 4.91. The maximum atomic E-state index is 12.1. The number of rotatable bonds is 4. The van der Waals surface area contributed by atoms with Crippen LogP contribution in [0.5, 0.6) is 5.75 Å². The van der Waals surface area contributed by atoms with Crippen molar-refractivity contribution in [2.75, 3.05) is 13.2 Å². The van der Waals surface area contributed by atoms with Crippen LogP contribution in [-0.2, 0) is 4.74 Å². The summed E-state index contributed by atoms with van der Waals surface area (Å²) >= 11 is 6.40. The first-order valence-corrected chi connectivity index (χ1v) is 7.79. The number of carbonyl (C=O) groups excluding carboxylic acids is 1. The van der Waals surface area contributed by atoms with Crippen molar-refractivity contribution in [3.63, 3.8) is 0 Å². The molecular weight excluding hydrogens is 334 g/mol. The molecule has 24 heavy (non-hydrogen) atoms. The van der Waals surface area contributed by atoms with Gasteiger partial charge in [0.15, 0.2) is 0 Å². The van der Waals surface area contributed by atoms with E-state index in [9.17, 15) is 9.59 Å². The van der Waals surface area contributed by atoms with Gasteiger partial charge in [-0.25, -0.2) is 9.59 Å². The van der Waals surface area contributed by atoms with Crippen molar-refractivity contribution in [3.05, 3.63) is 45.4 Å². The average Bonchev–Trinajstić information content (AvgIpc) is 2.55. The van der Waals surface area contributed by atoms with Gasteiger partial charge < -0.3 is 13.9 Å². The van der Waals surface area contributed by atoms with Crippen molar-refractivity contribution in [2.45, 2.75) is 13.8 Å². The number of nitrogens with zero attached hydrogens (tertiary/aromatic N) is 1. The summed E-state index contributed by atoms with van der Waals surface area (Å²) in [5, 5.41) is 1.36. The molecule has 7 heteroatoms. The van der Waals surface area contributed by atoms with E-state index in [2.05, 4.69) is 4.98 Å². The minimum Gasteiger partial charge on any atom is -0.492 e. The highest BCUT2D eigenvalue weighted by Crippen LogP contribution is 2.37. The highest BCUT2D eigenvalue weighted by molar-refractivity contribution is 6.40. The van der Waals surface area contributed by atoms with Crippen LogP contribution in [-0.4, -0.2) is 24.2 Å². The molecule has 0 bridgehead atoms. The van der Waals surface area contributed by atoms with E-state index in [0.717, 1.165) is 0 Å². The molecule has 0 N–H and O–H groups in total. The minimum absolute atomic E-state index is 0.194. The predicted octanol–water partition coefficient (Wildman–Crippen LogP) is 3.57. The molecule has 0 aliphatic rings. The second kappa shape index (κ2) is 6.49. The summed E-state index contributed by atoms with van der Waals surface area (Å²) in [6.07, 6.45) is 1.38. The van der Waals surface area contributed by atoms with E-state index >= 15 is 0 Å². The van der Waals surface area contributed by atoms with E-state index < -0.39 is 11.6 Å². The Morgan fingerprint density at radius 3 is 2.75 bits per heavy atom. The van der Waals surface area contributed by atoms with Crippen LogP contribution in [0.3, 0.4) is 0 Å². The van der Waals surface area contributed by atoms with Gasteiger partial charge in [-0.3, -0.25) is 4.98 Å². The fourth-order valence-corrected chi connectivity index (χ4v) is 2.76. The SMILES string of the molecule is CCOC(=O)c1cnc2c(Cl)c3ccc(=O)oc3cc2c1OCC. The number of fused-ring (bicyclic) bond motifs is 2. The third kappa shape index (κ3) is 2.69. The van der Waals surface area contributed by atoms with Gasteiger partial charge in [0, 0.05) is 23.0 Å². The zero-order valence-electron chi connectivity index (χ0n) is 13.1. The first-order valence-electron chi connectivity index (χ1n) is 7.41. The van der Waals surface area contributed by atoms with Crippen molar-refractivity contribution < 1.29 is 18.7 Å². The Morgan fingerprint density at radius 1 is 1.25 bits per heavy atom. The van der Waals surface area contributed by atoms with Crippen molar-refractivity contribution in [1.29, 1.82) is 0 Å². The van der Waals surface area contributed by atoms with Gasteiger partial charge in [0.1, 0.15) is 16.9 Å². The number of ether oxygens (including phenoxy) is 2. The number of carbonyl (C=O) groups is 1. The number of esters is 1. The van der Waals surface area contributed by atoms with Crippen molar-refractivity contribution in [3.8, 4) is 5.75 Å². The molecule has 3 rings (SSSR count). The second-order valence-corrected chi connectivity index (χ2v) is 5.29. The van der Waals surface area contributed by atoms with Crippen LogP contribution in [0.2, 0.25) is 5.02 Å². The molecule has 124 valence electrons. The Morgan fingerprint density at radius 2 is 2.04 bits per heavy atom. The molecule has 0 atom stereocenters. The minimum atomic E-state index is -0.541. The summed E-state index contributed by atoms with van der Waals surface area (Å²) in [5.74, 6) is -0.239. The van der Waals surface area contributed by atoms with Crippen LogP contribution >= 0.6 is 11.6 Å². The van der Waals surface area contributed by atoms with Gasteiger partial charge in [-0.1, -0.05) is 11.6 Å². The number of halogens is 1. The molecule has 0 saturated heterocycles. The molecule has 0 aliphatic carbocycles. The molecule has 0 fully saturated rings. The van der Waals surface area contributed by atoms with Gasteiger partial charge in [-0.05, 0) is 26.0 Å². The van der Waals surface area contributed by atoms with E-state index in [4.69, 9.17) is 25.5 Å². The predicted molar refractivity (Wildman–Crippen MR) is 89.9 cm³/mol. The van der Waals surface area contributed by atoms with E-state index in [1.54, 1.807) is 26.0 Å². The summed E-state index contributed by atoms with van der Waals surface area (Å²) in [7, 11) is 0. The van der Waals surface area contributed by atoms with Crippen molar-refractivity contribution >= 4 is 39.4 Å². The third-order valence-corrected chi connectivity index (χ3v) is 3.82. The Balaban J connectivity index is 2.38. The number of aromatic nitrogens is 1. The molecule has 3 aromatic rings. The third-order valence-electron chi connectivity index (χ3n) is 3.43. The van der Waals surface area contributed by atoms with E-state index in [-0.39, 0.29) is 12.2 Å². The van der Waals surface area contributed by atoms with E-state index in [0.29, 0.717) is 39.3 Å². The Hall–Kier alpha value is -2.60. The number of hydrogen-bond donors (Lipinski definition) is 0. The molecule has 0 aliphatic heterocycles. The summed E-state index contributed by atoms with van der Waals surface area (Å²) in [4.78, 5) is 27.9. The Kier molecular flexibility index (Phi) is 4.40. The summed E-state index contributed by atoms with van der Waals surface area (Å²) in [5.41, 5.74) is 0.448. The fourth-order valence-electron chi connectivity index (χ4n) is 2.45. The summed E-state index contributed by atoms with van der Waals surface area (Å²) in [6, 6.07) is 4.46. The maximum absolute atomic E-state index is 12.1. The molecule has 2 aromatic heterocycles. The molecule has 0 spiro atoms. The summed E-state index contributed by atoms with van der Waals surface area (Å²) < 4.78 is 15.9. The van der Waals surface area contributed by atoms with Gasteiger partial charge in [0.05, 0.1) is 23.8 Å². The van der Waals surface area contributed by atoms with Crippen LogP contribution in [0.4, 0.5) is 0 Å². The smallest absolute Gasteiger partial charge is 0.343 e. The van der Waals surface area contributed by atoms with Crippen LogP contribution in [0, 0.1) is 0 Å². The molecule has 0 radical (unpaired) electrons. The van der Waals surface area contributed by atoms with Gasteiger partial charge in [-0.2, -0.15) is 0 Å². The first-order chi connectivity index (χ1) is 11.6. The Bertz CT molecular complexity index is 996. The normalized spacial score (nSPS) is 11.0. The number of hydrogen-bond acceptors (Lipinski definition) is 6. The zero-order chi connectivity index (χ0) is 17.3. The molecule has 6 nitrogen and oxygen atoms in total. The van der Waals surface area contributed by atoms with E-state index in [1.807, 2.05) is 0 Å². The zero-order valence-corrected chi connectivity index (χ0v) is 13.8. The molecule has 2 heterocycles. The lowest BCUT2D eigenvalue weighted by molar-refractivity contribution is 0.0522. The highest BCUT2D eigenvalue weighted by atomic mass is 35.5. The van der Waals surface area contributed by atoms with Crippen molar-refractivity contribution in [1.82, 2.24) is 4.98 Å². The maximum Gasteiger partial charge on any atom is 0.343 e. The van der Waals surface area contributed by atoms with Crippen LogP contribution in [0.15, 0.2) is 33.6 Å². The monoisotopic (exact) mass is 347 g/mol. The van der Waals surface area contributed by atoms with E-state index in [1.165, 1.54) is 12.3 Å². The molecule has 0 unspecified atom stereocenters. The number of pyridine rings is 1. The summed E-state index contributed by atoms with van der Waals surface area (Å²) in [6.45, 7) is 4.07. The topological polar surface area (TPSA) is 78.6 Å². The lowest BCUT2D eigenvalue weighted by Crippen LogP contribution is -2.09. The number of benzene rings is 1. The van der Waals surface area contributed by atoms with Crippen LogP contribution in [0.1, 0.15) is 24.2 Å². The van der Waals surface area contributed by atoms with Gasteiger partial charge in [0.25, 0.3) is 0 Å². The molecule has 0 saturated carbocycles. The van der Waals surface area contributed by atoms with Crippen LogP contribution < -0.4 is 10.4 Å². The molecular formula is C17H14ClNO5. The molecule has 0 amide bonds. The average molecular weight is 348 g/mol. The first kappa shape index (κ1) is 16.3. The quantitative estimate of drug-likeness (QED) is 0.408. The lowest BCUT2D eigenvalue weighted by Gasteiger charge is -2.13. The van der Waals surface area contributed by atoms with Gasteiger partial charge in [0.2, 0.25) is 0 Å². The van der Waals surface area contributed by atoms with Crippen LogP contribution in [0.25, 0.3) is 21.9 Å². The Labute approximate surface area is 141 Å². The van der Waals surface area contributed by atoms with Crippen molar-refractivity contribution in [2.24, 2.45) is 0 Å². The standard InChI is InChI=1S/C17H14ClNO5/c1-3-22-16-10-7-12-9(5-6-13(20)24-12)14(18)15(10)19-8-11(16)17(21)23-4-2/h5-8H,3-4H2,1-2H3. The van der Waals surface area contributed by atoms with Gasteiger partial charge >= 0.3 is 11.6 Å². The van der Waals surface area contributed by atoms with Gasteiger partial charge in [-0.15, -0.1) is 0 Å². The largest absolute Gasteiger partial charge is 0.492 e. The highest BCUT2D eigenvalue weighted by Gasteiger charge is 2.20. The molecule has 1 aromatic carbocycles. The fraction of sp³-hybridized carbons (Fsp3) is 0.235. The lowest BCUT2D eigenvalue weighted by atomic mass is 10.1.